The molecule has 0 bridgehead atoms. The first kappa shape index (κ1) is 10.0. The summed E-state index contributed by atoms with van der Waals surface area (Å²) in [5.41, 5.74) is 0. The summed E-state index contributed by atoms with van der Waals surface area (Å²) in [5.74, 6) is 1.94. The largest absolute Gasteiger partial charge is 0.369 e. The highest BCUT2D eigenvalue weighted by atomic mass is 32.1. The molecule has 2 aromatic heterocycles. The van der Waals surface area contributed by atoms with E-state index < -0.39 is 0 Å². The van der Waals surface area contributed by atoms with Gasteiger partial charge in [-0.05, 0) is 23.8 Å². The Kier molecular flexibility index (Phi) is 2.74. The van der Waals surface area contributed by atoms with Crippen LogP contribution in [0.1, 0.15) is 25.7 Å². The van der Waals surface area contributed by atoms with Crippen molar-refractivity contribution in [2.45, 2.75) is 25.7 Å². The molecule has 3 nitrogen and oxygen atoms in total. The Labute approximate surface area is 98.9 Å². The van der Waals surface area contributed by atoms with Gasteiger partial charge in [0.05, 0.1) is 5.39 Å². The lowest BCUT2D eigenvalue weighted by Crippen LogP contribution is -2.16. The summed E-state index contributed by atoms with van der Waals surface area (Å²) in [7, 11) is 0. The number of thiophene rings is 1. The summed E-state index contributed by atoms with van der Waals surface area (Å²) in [6, 6.07) is 2.09. The summed E-state index contributed by atoms with van der Waals surface area (Å²) in [6.07, 6.45) is 7.17. The quantitative estimate of drug-likeness (QED) is 0.880. The van der Waals surface area contributed by atoms with Crippen molar-refractivity contribution in [1.82, 2.24) is 9.97 Å². The first-order valence-corrected chi connectivity index (χ1v) is 6.73. The lowest BCUT2D eigenvalue weighted by molar-refractivity contribution is 0.303. The summed E-state index contributed by atoms with van der Waals surface area (Å²) >= 11 is 1.67. The van der Waals surface area contributed by atoms with Crippen LogP contribution in [0.5, 0.6) is 0 Å². The molecule has 1 aliphatic carbocycles. The molecule has 16 heavy (non-hydrogen) atoms. The molecule has 4 heteroatoms. The number of hydrogen-bond donors (Lipinski definition) is 1. The second-order valence-corrected chi connectivity index (χ2v) is 5.27. The fourth-order valence-electron chi connectivity index (χ4n) is 2.11. The third kappa shape index (κ3) is 1.89. The molecule has 3 rings (SSSR count). The molecule has 0 radical (unpaired) electrons. The van der Waals surface area contributed by atoms with Gasteiger partial charge in [0.2, 0.25) is 0 Å². The van der Waals surface area contributed by atoms with Crippen molar-refractivity contribution in [3.8, 4) is 0 Å². The zero-order chi connectivity index (χ0) is 10.8. The number of nitrogens with one attached hydrogen (secondary N) is 1. The topological polar surface area (TPSA) is 37.8 Å². The van der Waals surface area contributed by atoms with Gasteiger partial charge in [0.15, 0.2) is 0 Å². The first-order chi connectivity index (χ1) is 7.93. The maximum atomic E-state index is 4.30. The van der Waals surface area contributed by atoms with Gasteiger partial charge in [-0.15, -0.1) is 11.3 Å². The Morgan fingerprint density at radius 2 is 2.31 bits per heavy atom. The van der Waals surface area contributed by atoms with Crippen LogP contribution in [0.15, 0.2) is 17.8 Å². The SMILES string of the molecule is c1nc(NCCC2CCC2)c2ccsc2n1. The molecule has 0 aromatic carbocycles. The number of fused-ring (bicyclic) bond motifs is 1. The molecule has 1 aliphatic rings. The van der Waals surface area contributed by atoms with E-state index in [0.29, 0.717) is 0 Å². The summed E-state index contributed by atoms with van der Waals surface area (Å²) in [6.45, 7) is 1.03. The second kappa shape index (κ2) is 4.37. The molecule has 1 saturated carbocycles. The summed E-state index contributed by atoms with van der Waals surface area (Å²) < 4.78 is 0. The minimum Gasteiger partial charge on any atom is -0.369 e. The van der Waals surface area contributed by atoms with Gasteiger partial charge in [0.25, 0.3) is 0 Å². The van der Waals surface area contributed by atoms with Crippen molar-refractivity contribution in [3.05, 3.63) is 17.8 Å². The lowest BCUT2D eigenvalue weighted by Gasteiger charge is -2.25. The molecule has 2 heterocycles. The first-order valence-electron chi connectivity index (χ1n) is 5.85. The van der Waals surface area contributed by atoms with E-state index in [1.54, 1.807) is 17.7 Å². The molecule has 0 unspecified atom stereocenters. The van der Waals surface area contributed by atoms with Crippen LogP contribution >= 0.6 is 11.3 Å². The molecule has 84 valence electrons. The normalized spacial score (nSPS) is 16.2. The number of aromatic nitrogens is 2. The van der Waals surface area contributed by atoms with Crippen LogP contribution in [0, 0.1) is 5.92 Å². The van der Waals surface area contributed by atoms with Gasteiger partial charge in [-0.25, -0.2) is 9.97 Å². The molecule has 2 aromatic rings. The predicted octanol–water partition coefficient (Wildman–Crippen LogP) is 3.29. The minimum atomic E-state index is 0.951. The highest BCUT2D eigenvalue weighted by Gasteiger charge is 2.16. The van der Waals surface area contributed by atoms with E-state index in [1.165, 1.54) is 25.7 Å². The molecule has 0 atom stereocenters. The molecule has 1 fully saturated rings. The van der Waals surface area contributed by atoms with Crippen molar-refractivity contribution in [2.75, 3.05) is 11.9 Å². The number of anilines is 1. The van der Waals surface area contributed by atoms with Crippen LogP contribution in [0.3, 0.4) is 0 Å². The van der Waals surface area contributed by atoms with E-state index in [-0.39, 0.29) is 0 Å². The Morgan fingerprint density at radius 1 is 1.38 bits per heavy atom. The Balaban J connectivity index is 1.66. The van der Waals surface area contributed by atoms with Crippen molar-refractivity contribution in [2.24, 2.45) is 5.92 Å². The predicted molar refractivity (Wildman–Crippen MR) is 67.9 cm³/mol. The molecule has 0 saturated heterocycles. The molecule has 1 N–H and O–H groups in total. The van der Waals surface area contributed by atoms with Gasteiger partial charge in [0.1, 0.15) is 17.0 Å². The maximum absolute atomic E-state index is 4.30. The van der Waals surface area contributed by atoms with Gasteiger partial charge >= 0.3 is 0 Å². The van der Waals surface area contributed by atoms with Gasteiger partial charge in [-0.3, -0.25) is 0 Å². The van der Waals surface area contributed by atoms with E-state index in [1.807, 2.05) is 0 Å². The zero-order valence-corrected chi connectivity index (χ0v) is 9.96. The fourth-order valence-corrected chi connectivity index (χ4v) is 2.84. The molecular weight excluding hydrogens is 218 g/mol. The van der Waals surface area contributed by atoms with E-state index in [2.05, 4.69) is 26.7 Å². The van der Waals surface area contributed by atoms with Crippen molar-refractivity contribution < 1.29 is 0 Å². The second-order valence-electron chi connectivity index (χ2n) is 4.37. The van der Waals surface area contributed by atoms with E-state index >= 15 is 0 Å². The maximum Gasteiger partial charge on any atom is 0.138 e. The minimum absolute atomic E-state index is 0.951. The number of hydrogen-bond acceptors (Lipinski definition) is 4. The number of rotatable bonds is 4. The molecule has 0 aliphatic heterocycles. The molecule has 0 spiro atoms. The fraction of sp³-hybridized carbons (Fsp3) is 0.500. The summed E-state index contributed by atoms with van der Waals surface area (Å²) in [4.78, 5) is 9.61. The van der Waals surface area contributed by atoms with Gasteiger partial charge < -0.3 is 5.32 Å². The smallest absolute Gasteiger partial charge is 0.138 e. The van der Waals surface area contributed by atoms with E-state index in [4.69, 9.17) is 0 Å². The van der Waals surface area contributed by atoms with Crippen LogP contribution in [0.25, 0.3) is 10.2 Å². The highest BCUT2D eigenvalue weighted by molar-refractivity contribution is 7.16. The Morgan fingerprint density at radius 3 is 3.12 bits per heavy atom. The zero-order valence-electron chi connectivity index (χ0n) is 9.15. The summed E-state index contributed by atoms with van der Waals surface area (Å²) in [5, 5.41) is 6.65. The van der Waals surface area contributed by atoms with Crippen LogP contribution in [-0.4, -0.2) is 16.5 Å². The third-order valence-electron chi connectivity index (χ3n) is 3.33. The average Bonchev–Trinajstić information content (AvgIpc) is 2.70. The van der Waals surface area contributed by atoms with Gasteiger partial charge in [0, 0.05) is 6.54 Å². The van der Waals surface area contributed by atoms with Gasteiger partial charge in [-0.1, -0.05) is 19.3 Å². The van der Waals surface area contributed by atoms with Crippen molar-refractivity contribution >= 4 is 27.4 Å². The molecule has 0 amide bonds. The average molecular weight is 233 g/mol. The monoisotopic (exact) mass is 233 g/mol. The molecular formula is C12H15N3S. The number of nitrogens with zero attached hydrogens (tertiary/aromatic N) is 2. The highest BCUT2D eigenvalue weighted by Crippen LogP contribution is 2.29. The van der Waals surface area contributed by atoms with Crippen molar-refractivity contribution in [1.29, 1.82) is 0 Å². The van der Waals surface area contributed by atoms with Crippen LogP contribution in [0.4, 0.5) is 5.82 Å². The van der Waals surface area contributed by atoms with E-state index in [9.17, 15) is 0 Å². The lowest BCUT2D eigenvalue weighted by atomic mass is 9.83. The third-order valence-corrected chi connectivity index (χ3v) is 4.15. The van der Waals surface area contributed by atoms with Crippen molar-refractivity contribution in [3.63, 3.8) is 0 Å². The van der Waals surface area contributed by atoms with E-state index in [0.717, 1.165) is 28.5 Å². The van der Waals surface area contributed by atoms with Gasteiger partial charge in [-0.2, -0.15) is 0 Å². The van der Waals surface area contributed by atoms with Crippen LogP contribution < -0.4 is 5.32 Å². The Bertz CT molecular complexity index is 476. The Hall–Kier alpha value is -1.16. The van der Waals surface area contributed by atoms with Crippen LogP contribution in [0.2, 0.25) is 0 Å². The standard InChI is InChI=1S/C12H15N3S/c1-2-9(3-1)4-6-13-11-10-5-7-16-12(10)15-8-14-11/h5,7-9H,1-4,6H2,(H,13,14,15). The van der Waals surface area contributed by atoms with Crippen LogP contribution in [-0.2, 0) is 0 Å².